The average Bonchev–Trinajstić information content (AvgIpc) is 2.83. The largest absolute Gasteiger partial charge is 0.452 e. The molecule has 2 rings (SSSR count). The van der Waals surface area contributed by atoms with Gasteiger partial charge in [-0.1, -0.05) is 34.1 Å². The number of aryl methyl sites for hydroxylation is 2. The summed E-state index contributed by atoms with van der Waals surface area (Å²) in [6.07, 6.45) is 2.96. The zero-order valence-corrected chi connectivity index (χ0v) is 16.8. The van der Waals surface area contributed by atoms with Gasteiger partial charge >= 0.3 is 5.97 Å². The van der Waals surface area contributed by atoms with Crippen molar-refractivity contribution in [2.24, 2.45) is 7.05 Å². The zero-order chi connectivity index (χ0) is 19.3. The monoisotopic (exact) mass is 419 g/mol. The minimum absolute atomic E-state index is 0.201. The number of rotatable bonds is 6. The fraction of sp³-hybridized carbons (Fsp3) is 0.316. The van der Waals surface area contributed by atoms with Crippen molar-refractivity contribution in [3.05, 3.63) is 57.3 Å². The van der Waals surface area contributed by atoms with Gasteiger partial charge in [0.1, 0.15) is 0 Å². The summed E-state index contributed by atoms with van der Waals surface area (Å²) in [5.41, 5.74) is 3.60. The van der Waals surface area contributed by atoms with Gasteiger partial charge < -0.3 is 10.1 Å². The Morgan fingerprint density at radius 2 is 2.04 bits per heavy atom. The Balaban J connectivity index is 1.86. The van der Waals surface area contributed by atoms with E-state index in [4.69, 9.17) is 4.74 Å². The van der Waals surface area contributed by atoms with E-state index in [1.54, 1.807) is 10.8 Å². The molecule has 0 saturated carbocycles. The standard InChI is InChI=1S/C19H22BrN3O3/c1-12(16-7-5-6-8-17(16)20)21-18(24)11-26-19(25)10-9-15-13(2)22-23(4)14(15)3/h5-10,12H,11H2,1-4H3,(H,21,24)/b10-9+/t12-/m1/s1. The van der Waals surface area contributed by atoms with Gasteiger partial charge in [-0.25, -0.2) is 4.79 Å². The number of esters is 1. The molecule has 6 nitrogen and oxygen atoms in total. The number of hydrogen-bond donors (Lipinski definition) is 1. The topological polar surface area (TPSA) is 73.2 Å². The summed E-state index contributed by atoms with van der Waals surface area (Å²) in [6, 6.07) is 7.43. The van der Waals surface area contributed by atoms with Crippen molar-refractivity contribution >= 4 is 33.9 Å². The number of halogens is 1. The minimum atomic E-state index is -0.573. The number of carbonyl (C=O) groups excluding carboxylic acids is 2. The Morgan fingerprint density at radius 3 is 2.65 bits per heavy atom. The van der Waals surface area contributed by atoms with Crippen LogP contribution in [0.25, 0.3) is 6.08 Å². The van der Waals surface area contributed by atoms with Crippen molar-refractivity contribution in [3.8, 4) is 0 Å². The maximum absolute atomic E-state index is 12.0. The van der Waals surface area contributed by atoms with E-state index >= 15 is 0 Å². The van der Waals surface area contributed by atoms with Gasteiger partial charge in [0.05, 0.1) is 11.7 Å². The van der Waals surface area contributed by atoms with E-state index in [2.05, 4.69) is 26.3 Å². The van der Waals surface area contributed by atoms with Gasteiger partial charge in [-0.2, -0.15) is 5.10 Å². The van der Waals surface area contributed by atoms with Gasteiger partial charge in [-0.3, -0.25) is 9.48 Å². The first-order valence-electron chi connectivity index (χ1n) is 8.18. The van der Waals surface area contributed by atoms with E-state index in [1.807, 2.05) is 52.1 Å². The Morgan fingerprint density at radius 1 is 1.35 bits per heavy atom. The molecule has 7 heteroatoms. The van der Waals surface area contributed by atoms with Crippen molar-refractivity contribution in [1.29, 1.82) is 0 Å². The lowest BCUT2D eigenvalue weighted by Crippen LogP contribution is -2.31. The van der Waals surface area contributed by atoms with E-state index in [0.29, 0.717) is 0 Å². The number of benzene rings is 1. The Hall–Kier alpha value is -2.41. The van der Waals surface area contributed by atoms with Gasteiger partial charge in [0, 0.05) is 28.9 Å². The predicted molar refractivity (Wildman–Crippen MR) is 103 cm³/mol. The second kappa shape index (κ2) is 8.80. The first kappa shape index (κ1) is 19.9. The van der Waals surface area contributed by atoms with E-state index < -0.39 is 5.97 Å². The van der Waals surface area contributed by atoms with Crippen LogP contribution in [0.2, 0.25) is 0 Å². The van der Waals surface area contributed by atoms with Crippen molar-refractivity contribution in [2.45, 2.75) is 26.8 Å². The molecule has 0 fully saturated rings. The molecule has 0 spiro atoms. The molecule has 1 aromatic heterocycles. The summed E-state index contributed by atoms with van der Waals surface area (Å²) >= 11 is 3.45. The van der Waals surface area contributed by atoms with Crippen LogP contribution in [-0.2, 0) is 21.4 Å². The maximum atomic E-state index is 12.0. The average molecular weight is 420 g/mol. The van der Waals surface area contributed by atoms with Crippen molar-refractivity contribution in [1.82, 2.24) is 15.1 Å². The number of nitrogens with one attached hydrogen (secondary N) is 1. The molecule has 0 aliphatic heterocycles. The van der Waals surface area contributed by atoms with Gasteiger partial charge in [-0.15, -0.1) is 0 Å². The second-order valence-electron chi connectivity index (χ2n) is 5.96. The summed E-state index contributed by atoms with van der Waals surface area (Å²) in [4.78, 5) is 23.8. The number of aromatic nitrogens is 2. The third kappa shape index (κ3) is 5.05. The molecule has 0 unspecified atom stereocenters. The Kier molecular flexibility index (Phi) is 6.74. The Labute approximate surface area is 161 Å². The second-order valence-corrected chi connectivity index (χ2v) is 6.81. The predicted octanol–water partition coefficient (Wildman–Crippen LogP) is 3.23. The van der Waals surface area contributed by atoms with Crippen LogP contribution < -0.4 is 5.32 Å². The molecule has 2 aromatic rings. The van der Waals surface area contributed by atoms with Gasteiger partial charge in [0.2, 0.25) is 0 Å². The molecule has 1 N–H and O–H groups in total. The molecule has 0 aliphatic carbocycles. The van der Waals surface area contributed by atoms with Crippen LogP contribution in [-0.4, -0.2) is 28.3 Å². The van der Waals surface area contributed by atoms with E-state index in [1.165, 1.54) is 6.08 Å². The fourth-order valence-corrected chi connectivity index (χ4v) is 3.18. The molecule has 1 atom stereocenters. The number of carbonyl (C=O) groups is 2. The molecule has 0 saturated heterocycles. The molecule has 26 heavy (non-hydrogen) atoms. The molecule has 1 aromatic carbocycles. The van der Waals surface area contributed by atoms with Crippen LogP contribution in [0, 0.1) is 13.8 Å². The first-order valence-corrected chi connectivity index (χ1v) is 8.97. The third-order valence-corrected chi connectivity index (χ3v) is 4.77. The molecule has 0 bridgehead atoms. The van der Waals surface area contributed by atoms with Gasteiger partial charge in [0.25, 0.3) is 5.91 Å². The number of hydrogen-bond acceptors (Lipinski definition) is 4. The van der Waals surface area contributed by atoms with Crippen molar-refractivity contribution in [3.63, 3.8) is 0 Å². The maximum Gasteiger partial charge on any atom is 0.331 e. The molecule has 0 aliphatic rings. The smallest absolute Gasteiger partial charge is 0.331 e. The number of ether oxygens (including phenoxy) is 1. The van der Waals surface area contributed by atoms with Crippen molar-refractivity contribution in [2.75, 3.05) is 6.61 Å². The highest BCUT2D eigenvalue weighted by molar-refractivity contribution is 9.10. The zero-order valence-electron chi connectivity index (χ0n) is 15.2. The summed E-state index contributed by atoms with van der Waals surface area (Å²) in [5, 5.41) is 7.08. The molecule has 1 amide bonds. The summed E-state index contributed by atoms with van der Waals surface area (Å²) < 4.78 is 7.66. The quantitative estimate of drug-likeness (QED) is 0.575. The van der Waals surface area contributed by atoms with Crippen molar-refractivity contribution < 1.29 is 14.3 Å². The van der Waals surface area contributed by atoms with Gasteiger partial charge in [-0.05, 0) is 38.5 Å². The third-order valence-electron chi connectivity index (χ3n) is 4.05. The van der Waals surface area contributed by atoms with Crippen LogP contribution >= 0.6 is 15.9 Å². The highest BCUT2D eigenvalue weighted by Gasteiger charge is 2.13. The molecular weight excluding hydrogens is 398 g/mol. The van der Waals surface area contributed by atoms with E-state index in [9.17, 15) is 9.59 Å². The fourth-order valence-electron chi connectivity index (χ4n) is 2.55. The molecular formula is C19H22BrN3O3. The minimum Gasteiger partial charge on any atom is -0.452 e. The lowest BCUT2D eigenvalue weighted by molar-refractivity contribution is -0.144. The highest BCUT2D eigenvalue weighted by Crippen LogP contribution is 2.22. The van der Waals surface area contributed by atoms with Gasteiger partial charge in [0.15, 0.2) is 6.61 Å². The molecule has 138 valence electrons. The summed E-state index contributed by atoms with van der Waals surface area (Å²) in [5.74, 6) is -0.930. The SMILES string of the molecule is Cc1nn(C)c(C)c1/C=C/C(=O)OCC(=O)N[C@H](C)c1ccccc1Br. The van der Waals surface area contributed by atoms with Crippen LogP contribution in [0.3, 0.4) is 0 Å². The normalized spacial score (nSPS) is 12.2. The van der Waals surface area contributed by atoms with Crippen LogP contribution in [0.5, 0.6) is 0 Å². The van der Waals surface area contributed by atoms with Crippen LogP contribution in [0.4, 0.5) is 0 Å². The molecule has 0 radical (unpaired) electrons. The summed E-state index contributed by atoms with van der Waals surface area (Å²) in [6.45, 7) is 5.33. The first-order chi connectivity index (χ1) is 12.3. The number of nitrogens with zero attached hydrogens (tertiary/aromatic N) is 2. The Bertz CT molecular complexity index is 843. The number of amides is 1. The lowest BCUT2D eigenvalue weighted by atomic mass is 10.1. The summed E-state index contributed by atoms with van der Waals surface area (Å²) in [7, 11) is 1.84. The molecule has 1 heterocycles. The highest BCUT2D eigenvalue weighted by atomic mass is 79.9. The van der Waals surface area contributed by atoms with E-state index in [0.717, 1.165) is 27.0 Å². The van der Waals surface area contributed by atoms with E-state index in [-0.39, 0.29) is 18.6 Å². The van der Waals surface area contributed by atoms with Crippen LogP contribution in [0.1, 0.15) is 35.5 Å². The van der Waals surface area contributed by atoms with Crippen LogP contribution in [0.15, 0.2) is 34.8 Å². The lowest BCUT2D eigenvalue weighted by Gasteiger charge is -2.15.